The molecule has 25 heavy (non-hydrogen) atoms. The van der Waals surface area contributed by atoms with E-state index < -0.39 is 6.10 Å². The lowest BCUT2D eigenvalue weighted by Crippen LogP contribution is -2.39. The van der Waals surface area contributed by atoms with E-state index in [0.717, 1.165) is 22.5 Å². The van der Waals surface area contributed by atoms with Gasteiger partial charge in [-0.05, 0) is 18.1 Å². The molecule has 0 saturated carbocycles. The molecule has 0 radical (unpaired) electrons. The van der Waals surface area contributed by atoms with Gasteiger partial charge in [-0.3, -0.25) is 0 Å². The fourth-order valence-electron chi connectivity index (χ4n) is 3.06. The molecule has 2 heterocycles. The average molecular weight is 339 g/mol. The van der Waals surface area contributed by atoms with Crippen molar-refractivity contribution in [1.82, 2.24) is 19.7 Å². The fraction of sp³-hybridized carbons (Fsp3) is 0.421. The van der Waals surface area contributed by atoms with Gasteiger partial charge in [0.2, 0.25) is 0 Å². The van der Waals surface area contributed by atoms with Gasteiger partial charge in [0.05, 0.1) is 23.4 Å². The van der Waals surface area contributed by atoms with Crippen molar-refractivity contribution in [3.63, 3.8) is 0 Å². The molecule has 0 saturated heterocycles. The van der Waals surface area contributed by atoms with Crippen LogP contribution in [-0.2, 0) is 0 Å². The van der Waals surface area contributed by atoms with Crippen molar-refractivity contribution in [3.8, 4) is 5.69 Å². The third kappa shape index (κ3) is 3.49. The number of aromatic nitrogens is 4. The molecule has 0 aliphatic rings. The summed E-state index contributed by atoms with van der Waals surface area (Å²) in [5, 5.41) is 19.1. The molecule has 1 aromatic carbocycles. The Balaban J connectivity index is 1.88. The van der Waals surface area contributed by atoms with Crippen LogP contribution in [0.2, 0.25) is 0 Å². The van der Waals surface area contributed by atoms with Gasteiger partial charge in [-0.2, -0.15) is 5.10 Å². The van der Waals surface area contributed by atoms with Gasteiger partial charge in [0.1, 0.15) is 12.1 Å². The second-order valence-corrected chi connectivity index (χ2v) is 7.38. The Morgan fingerprint density at radius 1 is 1.16 bits per heavy atom. The van der Waals surface area contributed by atoms with E-state index in [-0.39, 0.29) is 11.3 Å². The number of hydrogen-bond acceptors (Lipinski definition) is 5. The van der Waals surface area contributed by atoms with Gasteiger partial charge >= 0.3 is 0 Å². The summed E-state index contributed by atoms with van der Waals surface area (Å²) < 4.78 is 1.80. The molecule has 0 aliphatic heterocycles. The lowest BCUT2D eigenvalue weighted by molar-refractivity contribution is 0.0210. The molecule has 0 fully saturated rings. The van der Waals surface area contributed by atoms with Crippen molar-refractivity contribution >= 4 is 16.9 Å². The first-order chi connectivity index (χ1) is 11.9. The molecule has 6 nitrogen and oxygen atoms in total. The molecule has 132 valence electrons. The highest BCUT2D eigenvalue weighted by atomic mass is 16.3. The zero-order valence-electron chi connectivity index (χ0n) is 15.1. The minimum atomic E-state index is -0.399. The lowest BCUT2D eigenvalue weighted by Gasteiger charge is -2.33. The van der Waals surface area contributed by atoms with Gasteiger partial charge < -0.3 is 10.4 Å². The van der Waals surface area contributed by atoms with Crippen molar-refractivity contribution in [3.05, 3.63) is 42.9 Å². The van der Waals surface area contributed by atoms with E-state index in [0.29, 0.717) is 6.54 Å². The van der Waals surface area contributed by atoms with Crippen molar-refractivity contribution in [2.24, 2.45) is 11.3 Å². The van der Waals surface area contributed by atoms with E-state index in [2.05, 4.69) is 34.2 Å². The van der Waals surface area contributed by atoms with Gasteiger partial charge in [-0.25, -0.2) is 14.6 Å². The molecule has 0 bridgehead atoms. The monoisotopic (exact) mass is 339 g/mol. The molecule has 1 unspecified atom stereocenters. The van der Waals surface area contributed by atoms with Crippen LogP contribution in [0.1, 0.15) is 27.7 Å². The third-order valence-electron chi connectivity index (χ3n) is 4.51. The van der Waals surface area contributed by atoms with Crippen LogP contribution in [-0.4, -0.2) is 37.5 Å². The van der Waals surface area contributed by atoms with Crippen molar-refractivity contribution in [1.29, 1.82) is 0 Å². The van der Waals surface area contributed by atoms with Crippen LogP contribution in [0, 0.1) is 11.3 Å². The van der Waals surface area contributed by atoms with Crippen LogP contribution < -0.4 is 5.32 Å². The minimum absolute atomic E-state index is 0.197. The van der Waals surface area contributed by atoms with Crippen LogP contribution in [0.3, 0.4) is 0 Å². The maximum Gasteiger partial charge on any atom is 0.168 e. The molecule has 3 rings (SSSR count). The quantitative estimate of drug-likeness (QED) is 0.721. The van der Waals surface area contributed by atoms with E-state index in [4.69, 9.17) is 0 Å². The van der Waals surface area contributed by atoms with Gasteiger partial charge in [-0.15, -0.1) is 0 Å². The standard InChI is InChI=1S/C19H25N5O/c1-13(2)16(25)19(3,4)11-20-17-15-10-23-24(18(15)22-12-21-17)14-8-6-5-7-9-14/h5-10,12-13,16,25H,11H2,1-4H3,(H,20,21,22). The van der Waals surface area contributed by atoms with Crippen LogP contribution >= 0.6 is 0 Å². The van der Waals surface area contributed by atoms with Crippen LogP contribution in [0.4, 0.5) is 5.82 Å². The number of benzene rings is 1. The van der Waals surface area contributed by atoms with Gasteiger partial charge in [0.25, 0.3) is 0 Å². The third-order valence-corrected chi connectivity index (χ3v) is 4.51. The Labute approximate surface area is 147 Å². The minimum Gasteiger partial charge on any atom is -0.392 e. The van der Waals surface area contributed by atoms with Gasteiger partial charge in [0.15, 0.2) is 5.65 Å². The van der Waals surface area contributed by atoms with E-state index >= 15 is 0 Å². The number of fused-ring (bicyclic) bond motifs is 1. The lowest BCUT2D eigenvalue weighted by atomic mass is 9.81. The Morgan fingerprint density at radius 2 is 1.88 bits per heavy atom. The largest absolute Gasteiger partial charge is 0.392 e. The highest BCUT2D eigenvalue weighted by molar-refractivity contribution is 5.87. The van der Waals surface area contributed by atoms with Crippen molar-refractivity contribution in [2.75, 3.05) is 11.9 Å². The maximum absolute atomic E-state index is 10.4. The molecule has 2 N–H and O–H groups in total. The molecular weight excluding hydrogens is 314 g/mol. The first-order valence-electron chi connectivity index (χ1n) is 8.56. The topological polar surface area (TPSA) is 75.9 Å². The number of aliphatic hydroxyl groups excluding tert-OH is 1. The first kappa shape index (κ1) is 17.4. The highest BCUT2D eigenvalue weighted by Gasteiger charge is 2.30. The van der Waals surface area contributed by atoms with Gasteiger partial charge in [0, 0.05) is 12.0 Å². The SMILES string of the molecule is CC(C)C(O)C(C)(C)CNc1ncnc2c1cnn2-c1ccccc1. The summed E-state index contributed by atoms with van der Waals surface area (Å²) in [4.78, 5) is 8.75. The summed E-state index contributed by atoms with van der Waals surface area (Å²) in [6, 6.07) is 9.89. The Bertz CT molecular complexity index is 841. The summed E-state index contributed by atoms with van der Waals surface area (Å²) in [5.41, 5.74) is 1.43. The molecule has 0 aliphatic carbocycles. The molecular formula is C19H25N5O. The predicted molar refractivity (Wildman–Crippen MR) is 99.8 cm³/mol. The van der Waals surface area contributed by atoms with Crippen LogP contribution in [0.15, 0.2) is 42.9 Å². The zero-order chi connectivity index (χ0) is 18.0. The smallest absolute Gasteiger partial charge is 0.168 e. The second-order valence-electron chi connectivity index (χ2n) is 7.38. The summed E-state index contributed by atoms with van der Waals surface area (Å²) in [6.45, 7) is 8.76. The Hall–Kier alpha value is -2.47. The zero-order valence-corrected chi connectivity index (χ0v) is 15.1. The molecule has 0 amide bonds. The first-order valence-corrected chi connectivity index (χ1v) is 8.56. The summed E-state index contributed by atoms with van der Waals surface area (Å²) in [7, 11) is 0. The average Bonchev–Trinajstić information content (AvgIpc) is 3.04. The fourth-order valence-corrected chi connectivity index (χ4v) is 3.06. The van der Waals surface area contributed by atoms with E-state index in [1.54, 1.807) is 10.9 Å². The number of para-hydroxylation sites is 1. The molecule has 0 spiro atoms. The number of nitrogens with zero attached hydrogens (tertiary/aromatic N) is 4. The van der Waals surface area contributed by atoms with E-state index in [1.807, 2.05) is 44.2 Å². The number of nitrogens with one attached hydrogen (secondary N) is 1. The van der Waals surface area contributed by atoms with E-state index in [9.17, 15) is 5.11 Å². The number of hydrogen-bond donors (Lipinski definition) is 2. The number of anilines is 1. The summed E-state index contributed by atoms with van der Waals surface area (Å²) in [5.74, 6) is 0.930. The van der Waals surface area contributed by atoms with Crippen molar-refractivity contribution in [2.45, 2.75) is 33.8 Å². The Kier molecular flexibility index (Phi) is 4.72. The normalized spacial score (nSPS) is 13.4. The predicted octanol–water partition coefficient (Wildman–Crippen LogP) is 3.27. The molecule has 1 atom stereocenters. The maximum atomic E-state index is 10.4. The van der Waals surface area contributed by atoms with E-state index in [1.165, 1.54) is 6.33 Å². The second kappa shape index (κ2) is 6.80. The number of aliphatic hydroxyl groups is 1. The molecule has 6 heteroatoms. The highest BCUT2D eigenvalue weighted by Crippen LogP contribution is 2.28. The number of rotatable bonds is 6. The molecule has 3 aromatic rings. The van der Waals surface area contributed by atoms with Gasteiger partial charge in [-0.1, -0.05) is 45.9 Å². The van der Waals surface area contributed by atoms with Crippen LogP contribution in [0.25, 0.3) is 16.7 Å². The van der Waals surface area contributed by atoms with Crippen molar-refractivity contribution < 1.29 is 5.11 Å². The van der Waals surface area contributed by atoms with Crippen LogP contribution in [0.5, 0.6) is 0 Å². The summed E-state index contributed by atoms with van der Waals surface area (Å²) >= 11 is 0. The summed E-state index contributed by atoms with van der Waals surface area (Å²) in [6.07, 6.45) is 2.91. The molecule has 2 aromatic heterocycles. The Morgan fingerprint density at radius 3 is 2.56 bits per heavy atom.